The van der Waals surface area contributed by atoms with Gasteiger partial charge in [0.05, 0.1) is 24.6 Å². The Morgan fingerprint density at radius 2 is 2.22 bits per heavy atom. The van der Waals surface area contributed by atoms with Gasteiger partial charge in [-0.3, -0.25) is 4.79 Å². The number of piperidine rings is 1. The summed E-state index contributed by atoms with van der Waals surface area (Å²) in [4.78, 5) is 12.4. The largest absolute Gasteiger partial charge is 0.376 e. The Morgan fingerprint density at radius 1 is 1.43 bits per heavy atom. The number of hydrogen-bond donors (Lipinski definition) is 1. The summed E-state index contributed by atoms with van der Waals surface area (Å²) in [5, 5.41) is 6.49. The van der Waals surface area contributed by atoms with E-state index in [1.807, 2.05) is 0 Å². The van der Waals surface area contributed by atoms with Gasteiger partial charge < -0.3 is 14.6 Å². The summed E-state index contributed by atoms with van der Waals surface area (Å²) in [7, 11) is -3.31. The van der Waals surface area contributed by atoms with Crippen LogP contribution in [-0.2, 0) is 14.8 Å². The van der Waals surface area contributed by atoms with Gasteiger partial charge in [-0.15, -0.1) is 0 Å². The molecule has 0 radical (unpaired) electrons. The molecule has 0 aliphatic carbocycles. The maximum absolute atomic E-state index is 12.4. The molecule has 1 N–H and O–H groups in total. The Kier molecular flexibility index (Phi) is 4.43. The van der Waals surface area contributed by atoms with Crippen molar-refractivity contribution in [1.29, 1.82) is 0 Å². The molecule has 2 aliphatic heterocycles. The van der Waals surface area contributed by atoms with E-state index in [1.54, 1.807) is 6.92 Å². The molecule has 0 bridgehead atoms. The average Bonchev–Trinajstić information content (AvgIpc) is 2.92. The van der Waals surface area contributed by atoms with E-state index >= 15 is 0 Å². The number of carbonyl (C=O) groups is 1. The SMILES string of the molecule is Cc1oncc1C(=O)N[C@@H]1CN(S(C)(=O)=O)C[C@@H]2CCCO[C@@H]21. The van der Waals surface area contributed by atoms with Crippen molar-refractivity contribution >= 4 is 15.9 Å². The van der Waals surface area contributed by atoms with Crippen molar-refractivity contribution in [3.8, 4) is 0 Å². The number of amides is 1. The third kappa shape index (κ3) is 3.41. The molecular weight excluding hydrogens is 322 g/mol. The topological polar surface area (TPSA) is 102 Å². The van der Waals surface area contributed by atoms with Crippen LogP contribution in [0.2, 0.25) is 0 Å². The van der Waals surface area contributed by atoms with E-state index in [0.29, 0.717) is 24.5 Å². The lowest BCUT2D eigenvalue weighted by Gasteiger charge is -2.45. The van der Waals surface area contributed by atoms with Crippen LogP contribution < -0.4 is 5.32 Å². The number of rotatable bonds is 3. The fourth-order valence-electron chi connectivity index (χ4n) is 3.33. The van der Waals surface area contributed by atoms with Crippen LogP contribution in [0.5, 0.6) is 0 Å². The van der Waals surface area contributed by atoms with Crippen LogP contribution in [0, 0.1) is 12.8 Å². The first kappa shape index (κ1) is 16.4. The smallest absolute Gasteiger partial charge is 0.256 e. The van der Waals surface area contributed by atoms with Crippen LogP contribution in [-0.4, -0.2) is 61.9 Å². The maximum Gasteiger partial charge on any atom is 0.256 e. The number of nitrogens with zero attached hydrogens (tertiary/aromatic N) is 2. The molecule has 1 amide bonds. The second-order valence-corrected chi connectivity index (χ2v) is 8.18. The third-order valence-electron chi connectivity index (χ3n) is 4.51. The quantitative estimate of drug-likeness (QED) is 0.838. The monoisotopic (exact) mass is 343 g/mol. The van der Waals surface area contributed by atoms with Crippen LogP contribution in [0.1, 0.15) is 29.0 Å². The molecule has 2 fully saturated rings. The number of ether oxygens (including phenoxy) is 1. The molecule has 0 unspecified atom stereocenters. The first-order valence-electron chi connectivity index (χ1n) is 7.65. The molecule has 1 aromatic heterocycles. The van der Waals surface area contributed by atoms with E-state index in [9.17, 15) is 13.2 Å². The van der Waals surface area contributed by atoms with E-state index < -0.39 is 10.0 Å². The van der Waals surface area contributed by atoms with Crippen molar-refractivity contribution in [2.24, 2.45) is 5.92 Å². The first-order valence-corrected chi connectivity index (χ1v) is 9.50. The van der Waals surface area contributed by atoms with Crippen molar-refractivity contribution in [3.63, 3.8) is 0 Å². The predicted molar refractivity (Wildman–Crippen MR) is 81.4 cm³/mol. The molecule has 128 valence electrons. The normalized spacial score (nSPS) is 29.0. The van der Waals surface area contributed by atoms with Gasteiger partial charge in [0.1, 0.15) is 11.3 Å². The lowest BCUT2D eigenvalue weighted by molar-refractivity contribution is -0.0705. The summed E-state index contributed by atoms with van der Waals surface area (Å²) in [6, 6.07) is -0.384. The summed E-state index contributed by atoms with van der Waals surface area (Å²) < 4.78 is 36.0. The highest BCUT2D eigenvalue weighted by molar-refractivity contribution is 7.88. The highest BCUT2D eigenvalue weighted by atomic mass is 32.2. The molecule has 3 heterocycles. The second kappa shape index (κ2) is 6.21. The van der Waals surface area contributed by atoms with Gasteiger partial charge >= 0.3 is 0 Å². The van der Waals surface area contributed by atoms with Gasteiger partial charge in [-0.1, -0.05) is 5.16 Å². The van der Waals surface area contributed by atoms with Crippen molar-refractivity contribution < 1.29 is 22.5 Å². The fraction of sp³-hybridized carbons (Fsp3) is 0.714. The molecule has 3 atom stereocenters. The average molecular weight is 343 g/mol. The van der Waals surface area contributed by atoms with Gasteiger partial charge in [0, 0.05) is 25.6 Å². The molecule has 1 aromatic rings. The van der Waals surface area contributed by atoms with Crippen LogP contribution >= 0.6 is 0 Å². The van der Waals surface area contributed by atoms with Gasteiger partial charge in [0.15, 0.2) is 0 Å². The number of sulfonamides is 1. The molecule has 2 saturated heterocycles. The van der Waals surface area contributed by atoms with Gasteiger partial charge in [-0.2, -0.15) is 4.31 Å². The van der Waals surface area contributed by atoms with Crippen molar-refractivity contribution in [1.82, 2.24) is 14.8 Å². The Labute approximate surface area is 135 Å². The third-order valence-corrected chi connectivity index (χ3v) is 5.75. The first-order chi connectivity index (χ1) is 10.9. The fourth-order valence-corrected chi connectivity index (χ4v) is 4.22. The molecule has 0 spiro atoms. The minimum atomic E-state index is -3.31. The predicted octanol–water partition coefficient (Wildman–Crippen LogP) is 0.152. The molecule has 0 aromatic carbocycles. The van der Waals surface area contributed by atoms with Gasteiger partial charge in [0.25, 0.3) is 5.91 Å². The minimum Gasteiger partial charge on any atom is -0.376 e. The highest BCUT2D eigenvalue weighted by Crippen LogP contribution is 2.30. The van der Waals surface area contributed by atoms with Gasteiger partial charge in [-0.25, -0.2) is 8.42 Å². The molecule has 2 aliphatic rings. The molecule has 3 rings (SSSR count). The number of aryl methyl sites for hydroxylation is 1. The summed E-state index contributed by atoms with van der Waals surface area (Å²) in [5.74, 6) is 0.206. The lowest BCUT2D eigenvalue weighted by atomic mass is 9.86. The van der Waals surface area contributed by atoms with E-state index in [2.05, 4.69) is 10.5 Å². The van der Waals surface area contributed by atoms with Crippen molar-refractivity contribution in [3.05, 3.63) is 17.5 Å². The van der Waals surface area contributed by atoms with Gasteiger partial charge in [0.2, 0.25) is 10.0 Å². The standard InChI is InChI=1S/C14H21N3O5S/c1-9-11(6-15-22-9)14(18)16-12-8-17(23(2,19)20)7-10-4-3-5-21-13(10)12/h6,10,12-13H,3-5,7-8H2,1-2H3,(H,16,18)/t10-,12+,13-/m0/s1. The summed E-state index contributed by atoms with van der Waals surface area (Å²) >= 11 is 0. The Balaban J connectivity index is 1.79. The van der Waals surface area contributed by atoms with E-state index in [1.165, 1.54) is 16.8 Å². The van der Waals surface area contributed by atoms with Gasteiger partial charge in [-0.05, 0) is 19.8 Å². The van der Waals surface area contributed by atoms with Crippen molar-refractivity contribution in [2.75, 3.05) is 26.0 Å². The Morgan fingerprint density at radius 3 is 2.87 bits per heavy atom. The Bertz CT molecular complexity index is 686. The lowest BCUT2D eigenvalue weighted by Crippen LogP contribution is -2.61. The van der Waals surface area contributed by atoms with Crippen molar-refractivity contribution in [2.45, 2.75) is 31.9 Å². The number of aromatic nitrogens is 1. The second-order valence-electron chi connectivity index (χ2n) is 6.19. The van der Waals surface area contributed by atoms with Crippen LogP contribution in [0.3, 0.4) is 0 Å². The van der Waals surface area contributed by atoms with E-state index in [-0.39, 0.29) is 30.5 Å². The molecule has 0 saturated carbocycles. The van der Waals surface area contributed by atoms with E-state index in [0.717, 1.165) is 12.8 Å². The molecule has 23 heavy (non-hydrogen) atoms. The summed E-state index contributed by atoms with van der Waals surface area (Å²) in [6.07, 6.45) is 4.20. The number of carbonyl (C=O) groups excluding carboxylic acids is 1. The number of nitrogens with one attached hydrogen (secondary N) is 1. The molecule has 9 heteroatoms. The number of fused-ring (bicyclic) bond motifs is 1. The molecular formula is C14H21N3O5S. The molecule has 8 nitrogen and oxygen atoms in total. The zero-order chi connectivity index (χ0) is 16.6. The maximum atomic E-state index is 12.4. The highest BCUT2D eigenvalue weighted by Gasteiger charge is 2.42. The Hall–Kier alpha value is -1.45. The van der Waals surface area contributed by atoms with E-state index in [4.69, 9.17) is 9.26 Å². The summed E-state index contributed by atoms with van der Waals surface area (Å²) in [6.45, 7) is 2.96. The minimum absolute atomic E-state index is 0.0982. The van der Waals surface area contributed by atoms with Crippen LogP contribution in [0.4, 0.5) is 0 Å². The zero-order valence-electron chi connectivity index (χ0n) is 13.2. The van der Waals surface area contributed by atoms with Crippen LogP contribution in [0.25, 0.3) is 0 Å². The number of hydrogen-bond acceptors (Lipinski definition) is 6. The zero-order valence-corrected chi connectivity index (χ0v) is 14.0. The van der Waals surface area contributed by atoms with Crippen LogP contribution in [0.15, 0.2) is 10.7 Å². The summed E-state index contributed by atoms with van der Waals surface area (Å²) in [5.41, 5.74) is 0.355.